The zero-order valence-corrected chi connectivity index (χ0v) is 16.4. The Labute approximate surface area is 161 Å². The molecule has 1 atom stereocenters. The number of rotatable bonds is 6. The van der Waals surface area contributed by atoms with Crippen LogP contribution in [0, 0.1) is 5.41 Å². The second kappa shape index (κ2) is 8.39. The number of nitrogens with zero attached hydrogens (tertiary/aromatic N) is 1. The minimum Gasteiger partial charge on any atom is -0.489 e. The van der Waals surface area contributed by atoms with E-state index in [4.69, 9.17) is 10.5 Å². The molecule has 142 valence electrons. The Hall–Kier alpha value is -1.60. The molecule has 1 fully saturated rings. The number of hydrogen-bond donors (Lipinski definition) is 1. The van der Waals surface area contributed by atoms with Gasteiger partial charge < -0.3 is 10.5 Å². The molecule has 1 heterocycles. The molecule has 0 radical (unpaired) electrons. The third-order valence-corrected chi connectivity index (χ3v) is 6.58. The van der Waals surface area contributed by atoms with Gasteiger partial charge in [0.15, 0.2) is 0 Å². The largest absolute Gasteiger partial charge is 0.489 e. The molecule has 0 aliphatic carbocycles. The molecular weight excluding hydrogens is 372 g/mol. The highest BCUT2D eigenvalue weighted by atomic mass is 35.5. The van der Waals surface area contributed by atoms with Gasteiger partial charge in [-0.15, -0.1) is 12.4 Å². The van der Waals surface area contributed by atoms with E-state index in [9.17, 15) is 8.42 Å². The summed E-state index contributed by atoms with van der Waals surface area (Å²) in [4.78, 5) is 0.292. The summed E-state index contributed by atoms with van der Waals surface area (Å²) in [5, 5.41) is 0. The molecule has 0 bridgehead atoms. The first-order chi connectivity index (χ1) is 11.9. The zero-order chi connectivity index (χ0) is 17.9. The fraction of sp³-hybridized carbons (Fsp3) is 0.368. The van der Waals surface area contributed by atoms with Gasteiger partial charge in [-0.1, -0.05) is 37.3 Å². The highest BCUT2D eigenvalue weighted by Crippen LogP contribution is 2.32. The predicted octanol–water partition coefficient (Wildman–Crippen LogP) is 3.05. The summed E-state index contributed by atoms with van der Waals surface area (Å²) in [6.45, 7) is 3.96. The monoisotopic (exact) mass is 396 g/mol. The summed E-state index contributed by atoms with van der Waals surface area (Å²) in [7, 11) is -3.48. The first-order valence-electron chi connectivity index (χ1n) is 8.40. The smallest absolute Gasteiger partial charge is 0.243 e. The Bertz CT molecular complexity index is 812. The van der Waals surface area contributed by atoms with Crippen LogP contribution in [0.25, 0.3) is 0 Å². The van der Waals surface area contributed by atoms with E-state index in [2.05, 4.69) is 0 Å². The van der Waals surface area contributed by atoms with E-state index in [-0.39, 0.29) is 17.8 Å². The molecule has 26 heavy (non-hydrogen) atoms. The van der Waals surface area contributed by atoms with Gasteiger partial charge >= 0.3 is 0 Å². The zero-order valence-electron chi connectivity index (χ0n) is 14.8. The van der Waals surface area contributed by atoms with Gasteiger partial charge in [0, 0.05) is 13.1 Å². The average Bonchev–Trinajstić information content (AvgIpc) is 3.05. The molecule has 2 N–H and O–H groups in total. The van der Waals surface area contributed by atoms with Gasteiger partial charge in [-0.25, -0.2) is 8.42 Å². The molecule has 1 unspecified atom stereocenters. The maximum absolute atomic E-state index is 12.8. The second-order valence-electron chi connectivity index (χ2n) is 6.85. The summed E-state index contributed by atoms with van der Waals surface area (Å²) in [6.07, 6.45) is 0.793. The molecule has 1 aliphatic rings. The molecule has 0 aromatic heterocycles. The first-order valence-corrected chi connectivity index (χ1v) is 9.84. The number of nitrogens with two attached hydrogens (primary N) is 1. The van der Waals surface area contributed by atoms with Gasteiger partial charge in [0.05, 0.1) is 4.90 Å². The van der Waals surface area contributed by atoms with E-state index < -0.39 is 10.0 Å². The Morgan fingerprint density at radius 1 is 1.12 bits per heavy atom. The van der Waals surface area contributed by atoms with Crippen molar-refractivity contribution in [2.24, 2.45) is 11.1 Å². The van der Waals surface area contributed by atoms with Gasteiger partial charge in [0.1, 0.15) is 12.4 Å². The molecule has 0 spiro atoms. The third kappa shape index (κ3) is 4.57. The van der Waals surface area contributed by atoms with Crippen molar-refractivity contribution in [2.75, 3.05) is 19.6 Å². The molecule has 1 saturated heterocycles. The van der Waals surface area contributed by atoms with Crippen LogP contribution >= 0.6 is 12.4 Å². The van der Waals surface area contributed by atoms with Gasteiger partial charge in [0.2, 0.25) is 10.0 Å². The van der Waals surface area contributed by atoms with Crippen LogP contribution in [0.4, 0.5) is 0 Å². The van der Waals surface area contributed by atoms with Crippen molar-refractivity contribution in [3.8, 4) is 5.75 Å². The van der Waals surface area contributed by atoms with E-state index in [1.807, 2.05) is 37.3 Å². The summed E-state index contributed by atoms with van der Waals surface area (Å²) in [5.41, 5.74) is 6.71. The van der Waals surface area contributed by atoms with Gasteiger partial charge in [-0.2, -0.15) is 4.31 Å². The van der Waals surface area contributed by atoms with Crippen molar-refractivity contribution in [3.05, 3.63) is 60.2 Å². The van der Waals surface area contributed by atoms with E-state index >= 15 is 0 Å². The van der Waals surface area contributed by atoms with Crippen LogP contribution in [0.15, 0.2) is 59.5 Å². The minimum absolute atomic E-state index is 0. The molecule has 3 rings (SSSR count). The second-order valence-corrected chi connectivity index (χ2v) is 8.79. The molecule has 1 aliphatic heterocycles. The predicted molar refractivity (Wildman–Crippen MR) is 105 cm³/mol. The molecule has 2 aromatic carbocycles. The summed E-state index contributed by atoms with van der Waals surface area (Å²) < 4.78 is 32.8. The maximum atomic E-state index is 12.8. The minimum atomic E-state index is -3.48. The van der Waals surface area contributed by atoms with Crippen LogP contribution < -0.4 is 10.5 Å². The topological polar surface area (TPSA) is 72.6 Å². The molecule has 0 amide bonds. The van der Waals surface area contributed by atoms with Crippen LogP contribution in [0.3, 0.4) is 0 Å². The lowest BCUT2D eigenvalue weighted by molar-refractivity contribution is 0.306. The van der Waals surface area contributed by atoms with Gasteiger partial charge in [-0.05, 0) is 48.2 Å². The Balaban J connectivity index is 0.00000243. The fourth-order valence-corrected chi connectivity index (χ4v) is 4.54. The first kappa shape index (κ1) is 20.7. The fourth-order valence-electron chi connectivity index (χ4n) is 2.95. The quantitative estimate of drug-likeness (QED) is 0.814. The highest BCUT2D eigenvalue weighted by molar-refractivity contribution is 7.89. The Kier molecular flexibility index (Phi) is 6.69. The number of benzene rings is 2. The van der Waals surface area contributed by atoms with Crippen molar-refractivity contribution in [1.29, 1.82) is 0 Å². The lowest BCUT2D eigenvalue weighted by atomic mass is 9.90. The summed E-state index contributed by atoms with van der Waals surface area (Å²) in [5.74, 6) is 0.649. The Morgan fingerprint density at radius 3 is 2.35 bits per heavy atom. The third-order valence-electron chi connectivity index (χ3n) is 4.73. The van der Waals surface area contributed by atoms with Crippen LogP contribution in [0.5, 0.6) is 5.75 Å². The maximum Gasteiger partial charge on any atom is 0.243 e. The molecule has 0 saturated carbocycles. The van der Waals surface area contributed by atoms with Crippen molar-refractivity contribution in [1.82, 2.24) is 4.31 Å². The van der Waals surface area contributed by atoms with Gasteiger partial charge in [-0.3, -0.25) is 0 Å². The lowest BCUT2D eigenvalue weighted by Crippen LogP contribution is -2.34. The van der Waals surface area contributed by atoms with Crippen molar-refractivity contribution in [3.63, 3.8) is 0 Å². The number of sulfonamides is 1. The average molecular weight is 397 g/mol. The van der Waals surface area contributed by atoms with Gasteiger partial charge in [0.25, 0.3) is 0 Å². The van der Waals surface area contributed by atoms with Crippen LogP contribution in [0.2, 0.25) is 0 Å². The van der Waals surface area contributed by atoms with E-state index in [0.717, 1.165) is 12.0 Å². The SMILES string of the molecule is CC1(CN)CCN(S(=O)(=O)c2ccc(OCc3ccccc3)cc2)C1.Cl. The van der Waals surface area contributed by atoms with Crippen LogP contribution in [-0.2, 0) is 16.6 Å². The van der Waals surface area contributed by atoms with Crippen LogP contribution in [0.1, 0.15) is 18.9 Å². The van der Waals surface area contributed by atoms with Crippen molar-refractivity contribution >= 4 is 22.4 Å². The van der Waals surface area contributed by atoms with E-state index in [1.165, 1.54) is 4.31 Å². The molecule has 5 nitrogen and oxygen atoms in total. The number of halogens is 1. The number of hydrogen-bond acceptors (Lipinski definition) is 4. The summed E-state index contributed by atoms with van der Waals surface area (Å²) in [6, 6.07) is 16.5. The summed E-state index contributed by atoms with van der Waals surface area (Å²) >= 11 is 0. The molecule has 2 aromatic rings. The van der Waals surface area contributed by atoms with Crippen molar-refractivity contribution < 1.29 is 13.2 Å². The Morgan fingerprint density at radius 2 is 1.77 bits per heavy atom. The number of ether oxygens (including phenoxy) is 1. The standard InChI is InChI=1S/C19H24N2O3S.ClH/c1-19(14-20)11-12-21(15-19)25(22,23)18-9-7-17(8-10-18)24-13-16-5-3-2-4-6-16;/h2-10H,11-15,20H2,1H3;1H. The lowest BCUT2D eigenvalue weighted by Gasteiger charge is -2.22. The van der Waals surface area contributed by atoms with E-state index in [0.29, 0.717) is 36.9 Å². The normalized spacial score (nSPS) is 20.5. The highest BCUT2D eigenvalue weighted by Gasteiger charge is 2.38. The van der Waals surface area contributed by atoms with Crippen LogP contribution in [-0.4, -0.2) is 32.4 Å². The van der Waals surface area contributed by atoms with Crippen molar-refractivity contribution in [2.45, 2.75) is 24.8 Å². The molecular formula is C19H25ClN2O3S. The molecule has 7 heteroatoms. The van der Waals surface area contributed by atoms with E-state index in [1.54, 1.807) is 24.3 Å².